The zero-order valence-corrected chi connectivity index (χ0v) is 12.5. The second-order valence-corrected chi connectivity index (χ2v) is 5.60. The molecule has 0 amide bonds. The first kappa shape index (κ1) is 13.8. The molecular weight excluding hydrogens is 292 g/mol. The van der Waals surface area contributed by atoms with Gasteiger partial charge in [0.2, 0.25) is 0 Å². The highest BCUT2D eigenvalue weighted by molar-refractivity contribution is 9.10. The van der Waals surface area contributed by atoms with E-state index in [0.29, 0.717) is 0 Å². The Morgan fingerprint density at radius 2 is 2.11 bits per heavy atom. The maximum atomic E-state index is 5.90. The molecule has 0 aliphatic carbocycles. The van der Waals surface area contributed by atoms with Crippen molar-refractivity contribution in [1.82, 2.24) is 10.2 Å². The van der Waals surface area contributed by atoms with E-state index in [0.717, 1.165) is 29.9 Å². The molecule has 0 unspecified atom stereocenters. The van der Waals surface area contributed by atoms with Gasteiger partial charge in [-0.1, -0.05) is 15.9 Å². The van der Waals surface area contributed by atoms with Crippen molar-refractivity contribution in [2.75, 3.05) is 33.3 Å². The third-order valence-electron chi connectivity index (χ3n) is 3.25. The summed E-state index contributed by atoms with van der Waals surface area (Å²) in [5, 5.41) is 3.17. The number of nitrogens with zero attached hydrogens (tertiary/aromatic N) is 1. The molecule has 1 aliphatic rings. The fourth-order valence-corrected chi connectivity index (χ4v) is 2.72. The van der Waals surface area contributed by atoms with E-state index < -0.39 is 0 Å². The van der Waals surface area contributed by atoms with Crippen LogP contribution in [0.4, 0.5) is 0 Å². The van der Waals surface area contributed by atoms with Gasteiger partial charge in [0.1, 0.15) is 12.4 Å². The molecule has 0 spiro atoms. The monoisotopic (exact) mass is 312 g/mol. The number of hydrogen-bond acceptors (Lipinski definition) is 3. The van der Waals surface area contributed by atoms with Crippen molar-refractivity contribution in [3.05, 3.63) is 28.2 Å². The minimum atomic E-state index is 0.776. The first-order valence-corrected chi connectivity index (χ1v) is 7.37. The van der Waals surface area contributed by atoms with Crippen molar-refractivity contribution >= 4 is 15.9 Å². The fourth-order valence-electron chi connectivity index (χ4n) is 2.31. The number of hydrogen-bond donors (Lipinski definition) is 1. The summed E-state index contributed by atoms with van der Waals surface area (Å²) in [6.07, 6.45) is 2.67. The molecule has 1 heterocycles. The number of benzene rings is 1. The van der Waals surface area contributed by atoms with Gasteiger partial charge in [0, 0.05) is 23.1 Å². The average Bonchev–Trinajstić information content (AvgIpc) is 2.85. The molecular formula is C14H21BrN2O. The number of ether oxygens (including phenoxy) is 1. The molecule has 18 heavy (non-hydrogen) atoms. The zero-order valence-electron chi connectivity index (χ0n) is 10.9. The summed E-state index contributed by atoms with van der Waals surface area (Å²) in [7, 11) is 1.95. The third kappa shape index (κ3) is 3.97. The Balaban J connectivity index is 1.87. The number of likely N-dealkylation sites (tertiary alicyclic amines) is 1. The summed E-state index contributed by atoms with van der Waals surface area (Å²) >= 11 is 3.50. The number of halogens is 1. The van der Waals surface area contributed by atoms with E-state index in [1.807, 2.05) is 19.2 Å². The largest absolute Gasteiger partial charge is 0.492 e. The van der Waals surface area contributed by atoms with Gasteiger partial charge in [0.25, 0.3) is 0 Å². The Hall–Kier alpha value is -0.580. The van der Waals surface area contributed by atoms with Crippen LogP contribution in [-0.2, 0) is 6.54 Å². The first-order valence-electron chi connectivity index (χ1n) is 6.58. The molecule has 1 fully saturated rings. The van der Waals surface area contributed by atoms with Crippen LogP contribution in [0.25, 0.3) is 0 Å². The second kappa shape index (κ2) is 7.12. The van der Waals surface area contributed by atoms with E-state index in [9.17, 15) is 0 Å². The highest BCUT2D eigenvalue weighted by Crippen LogP contribution is 2.23. The predicted molar refractivity (Wildman–Crippen MR) is 78.1 cm³/mol. The van der Waals surface area contributed by atoms with Crippen LogP contribution in [0, 0.1) is 0 Å². The minimum absolute atomic E-state index is 0.776. The maximum absolute atomic E-state index is 5.90. The first-order chi connectivity index (χ1) is 8.79. The fraction of sp³-hybridized carbons (Fsp3) is 0.571. The summed E-state index contributed by atoms with van der Waals surface area (Å²) in [6.45, 7) is 5.10. The van der Waals surface area contributed by atoms with Gasteiger partial charge < -0.3 is 10.1 Å². The van der Waals surface area contributed by atoms with E-state index >= 15 is 0 Å². The van der Waals surface area contributed by atoms with Crippen LogP contribution in [0.5, 0.6) is 5.75 Å². The molecule has 4 heteroatoms. The van der Waals surface area contributed by atoms with E-state index in [2.05, 4.69) is 32.2 Å². The van der Waals surface area contributed by atoms with Gasteiger partial charge in [-0.2, -0.15) is 0 Å². The molecule has 0 atom stereocenters. The van der Waals surface area contributed by atoms with Gasteiger partial charge in [-0.3, -0.25) is 4.90 Å². The third-order valence-corrected chi connectivity index (χ3v) is 3.75. The highest BCUT2D eigenvalue weighted by atomic mass is 79.9. The van der Waals surface area contributed by atoms with E-state index in [4.69, 9.17) is 4.74 Å². The average molecular weight is 313 g/mol. The van der Waals surface area contributed by atoms with Crippen LogP contribution in [-0.4, -0.2) is 38.2 Å². The summed E-state index contributed by atoms with van der Waals surface area (Å²) < 4.78 is 7.00. The van der Waals surface area contributed by atoms with Crippen LogP contribution in [0.3, 0.4) is 0 Å². The van der Waals surface area contributed by atoms with Gasteiger partial charge in [0.05, 0.1) is 0 Å². The minimum Gasteiger partial charge on any atom is -0.492 e. The van der Waals surface area contributed by atoms with Crippen molar-refractivity contribution < 1.29 is 4.74 Å². The van der Waals surface area contributed by atoms with Gasteiger partial charge >= 0.3 is 0 Å². The van der Waals surface area contributed by atoms with Gasteiger partial charge in [0.15, 0.2) is 0 Å². The van der Waals surface area contributed by atoms with Crippen molar-refractivity contribution in [1.29, 1.82) is 0 Å². The number of nitrogens with one attached hydrogen (secondary N) is 1. The molecule has 1 N–H and O–H groups in total. The smallest absolute Gasteiger partial charge is 0.123 e. The van der Waals surface area contributed by atoms with Crippen LogP contribution in [0.15, 0.2) is 22.7 Å². The lowest BCUT2D eigenvalue weighted by Gasteiger charge is -2.16. The summed E-state index contributed by atoms with van der Waals surface area (Å²) in [6, 6.07) is 6.19. The molecule has 1 saturated heterocycles. The van der Waals surface area contributed by atoms with Crippen molar-refractivity contribution in [2.45, 2.75) is 19.4 Å². The van der Waals surface area contributed by atoms with E-state index in [1.54, 1.807) is 0 Å². The van der Waals surface area contributed by atoms with Crippen molar-refractivity contribution in [2.24, 2.45) is 0 Å². The predicted octanol–water partition coefficient (Wildman–Crippen LogP) is 2.64. The topological polar surface area (TPSA) is 24.5 Å². The molecule has 0 aromatic heterocycles. The normalized spacial score (nSPS) is 16.1. The van der Waals surface area contributed by atoms with Gasteiger partial charge in [-0.25, -0.2) is 0 Å². The standard InChI is InChI=1S/C14H21BrN2O/c1-16-11-12-10-13(15)4-5-14(12)18-9-8-17-6-2-3-7-17/h4-5,10,16H,2-3,6-9,11H2,1H3. The second-order valence-electron chi connectivity index (χ2n) is 4.68. The molecule has 0 saturated carbocycles. The van der Waals surface area contributed by atoms with Crippen LogP contribution >= 0.6 is 15.9 Å². The molecule has 0 bridgehead atoms. The molecule has 2 rings (SSSR count). The SMILES string of the molecule is CNCc1cc(Br)ccc1OCCN1CCCC1. The van der Waals surface area contributed by atoms with Crippen molar-refractivity contribution in [3.8, 4) is 5.75 Å². The summed E-state index contributed by atoms with van der Waals surface area (Å²) in [5.74, 6) is 0.992. The van der Waals surface area contributed by atoms with Crippen molar-refractivity contribution in [3.63, 3.8) is 0 Å². The Morgan fingerprint density at radius 1 is 1.33 bits per heavy atom. The summed E-state index contributed by atoms with van der Waals surface area (Å²) in [4.78, 5) is 2.47. The lowest BCUT2D eigenvalue weighted by molar-refractivity contribution is 0.236. The summed E-state index contributed by atoms with van der Waals surface area (Å²) in [5.41, 5.74) is 1.20. The highest BCUT2D eigenvalue weighted by Gasteiger charge is 2.11. The molecule has 3 nitrogen and oxygen atoms in total. The quantitative estimate of drug-likeness (QED) is 0.874. The molecule has 1 aromatic carbocycles. The molecule has 1 aliphatic heterocycles. The van der Waals surface area contributed by atoms with E-state index in [1.165, 1.54) is 31.5 Å². The molecule has 100 valence electrons. The number of rotatable bonds is 6. The van der Waals surface area contributed by atoms with Crippen LogP contribution in [0.1, 0.15) is 18.4 Å². The molecule has 0 radical (unpaired) electrons. The van der Waals surface area contributed by atoms with Crippen LogP contribution < -0.4 is 10.1 Å². The zero-order chi connectivity index (χ0) is 12.8. The Morgan fingerprint density at radius 3 is 2.83 bits per heavy atom. The maximum Gasteiger partial charge on any atom is 0.123 e. The van der Waals surface area contributed by atoms with Crippen LogP contribution in [0.2, 0.25) is 0 Å². The Labute approximate surface area is 118 Å². The Kier molecular flexibility index (Phi) is 5.47. The van der Waals surface area contributed by atoms with E-state index in [-0.39, 0.29) is 0 Å². The van der Waals surface area contributed by atoms with Gasteiger partial charge in [-0.15, -0.1) is 0 Å². The lowest BCUT2D eigenvalue weighted by atomic mass is 10.2. The Bertz CT molecular complexity index is 378. The molecule has 1 aromatic rings. The lowest BCUT2D eigenvalue weighted by Crippen LogP contribution is -2.25. The van der Waals surface area contributed by atoms with Gasteiger partial charge in [-0.05, 0) is 51.2 Å².